The first-order chi connectivity index (χ1) is 12.7. The van der Waals surface area contributed by atoms with Crippen molar-refractivity contribution in [1.29, 1.82) is 0 Å². The zero-order chi connectivity index (χ0) is 19.2. The largest absolute Gasteiger partial charge is 0.492 e. The minimum Gasteiger partial charge on any atom is -0.492 e. The summed E-state index contributed by atoms with van der Waals surface area (Å²) in [7, 11) is 0. The predicted octanol–water partition coefficient (Wildman–Crippen LogP) is 7.20. The van der Waals surface area contributed by atoms with E-state index >= 15 is 0 Å². The molecule has 0 bridgehead atoms. The molecule has 1 rings (SSSR count). The number of carboxylic acids is 1. The Labute approximate surface area is 160 Å². The number of hydrogen-bond donors (Lipinski definition) is 1. The van der Waals surface area contributed by atoms with E-state index in [-0.39, 0.29) is 0 Å². The van der Waals surface area contributed by atoms with Crippen molar-refractivity contribution in [3.05, 3.63) is 29.3 Å². The number of benzene rings is 1. The molecular formula is C23H38O3. The molecule has 1 atom stereocenters. The summed E-state index contributed by atoms with van der Waals surface area (Å²) >= 11 is 0. The SMILES string of the molecule is CCCCCCCCCCOc1c(C(=O)O)cccc1C(CC)CCC. The summed E-state index contributed by atoms with van der Waals surface area (Å²) in [4.78, 5) is 11.6. The average Bonchev–Trinajstić information content (AvgIpc) is 2.64. The summed E-state index contributed by atoms with van der Waals surface area (Å²) in [6, 6.07) is 5.55. The van der Waals surface area contributed by atoms with Crippen molar-refractivity contribution in [1.82, 2.24) is 0 Å². The molecule has 0 aliphatic rings. The average molecular weight is 363 g/mol. The van der Waals surface area contributed by atoms with Crippen molar-refractivity contribution < 1.29 is 14.6 Å². The number of aromatic carboxylic acids is 1. The molecule has 26 heavy (non-hydrogen) atoms. The molecule has 0 amide bonds. The van der Waals surface area contributed by atoms with Gasteiger partial charge in [0.05, 0.1) is 6.61 Å². The Morgan fingerprint density at radius 1 is 0.962 bits per heavy atom. The third-order valence-electron chi connectivity index (χ3n) is 5.09. The lowest BCUT2D eigenvalue weighted by atomic mass is 9.90. The van der Waals surface area contributed by atoms with Crippen LogP contribution in [0, 0.1) is 0 Å². The monoisotopic (exact) mass is 362 g/mol. The molecule has 3 nitrogen and oxygen atoms in total. The topological polar surface area (TPSA) is 46.5 Å². The van der Waals surface area contributed by atoms with Crippen molar-refractivity contribution >= 4 is 5.97 Å². The van der Waals surface area contributed by atoms with Gasteiger partial charge in [0.1, 0.15) is 11.3 Å². The van der Waals surface area contributed by atoms with Gasteiger partial charge in [-0.05, 0) is 36.8 Å². The molecule has 0 fully saturated rings. The van der Waals surface area contributed by atoms with Gasteiger partial charge >= 0.3 is 5.97 Å². The Morgan fingerprint density at radius 3 is 2.19 bits per heavy atom. The maximum absolute atomic E-state index is 11.6. The van der Waals surface area contributed by atoms with E-state index in [0.717, 1.165) is 37.7 Å². The molecule has 0 saturated heterocycles. The van der Waals surface area contributed by atoms with E-state index in [4.69, 9.17) is 4.74 Å². The van der Waals surface area contributed by atoms with Crippen molar-refractivity contribution in [3.63, 3.8) is 0 Å². The Morgan fingerprint density at radius 2 is 1.62 bits per heavy atom. The third-order valence-corrected chi connectivity index (χ3v) is 5.09. The molecule has 1 aromatic carbocycles. The second-order valence-electron chi connectivity index (χ2n) is 7.25. The summed E-state index contributed by atoms with van der Waals surface area (Å²) in [6.07, 6.45) is 13.2. The van der Waals surface area contributed by atoms with E-state index in [1.54, 1.807) is 6.07 Å². The van der Waals surface area contributed by atoms with E-state index in [9.17, 15) is 9.90 Å². The lowest BCUT2D eigenvalue weighted by Crippen LogP contribution is -2.09. The van der Waals surface area contributed by atoms with Crippen LogP contribution in [0.1, 0.15) is 113 Å². The summed E-state index contributed by atoms with van der Waals surface area (Å²) in [5.74, 6) is 0.0697. The summed E-state index contributed by atoms with van der Waals surface area (Å²) in [5.41, 5.74) is 1.37. The van der Waals surface area contributed by atoms with Gasteiger partial charge in [0.25, 0.3) is 0 Å². The van der Waals surface area contributed by atoms with Crippen molar-refractivity contribution in [2.75, 3.05) is 6.61 Å². The Hall–Kier alpha value is -1.51. The number of carboxylic acid groups (broad SMARTS) is 1. The molecule has 0 spiro atoms. The van der Waals surface area contributed by atoms with Crippen LogP contribution in [-0.4, -0.2) is 17.7 Å². The number of rotatable bonds is 15. The van der Waals surface area contributed by atoms with Gasteiger partial charge in [0.2, 0.25) is 0 Å². The van der Waals surface area contributed by atoms with Gasteiger partial charge in [-0.25, -0.2) is 4.79 Å². The van der Waals surface area contributed by atoms with E-state index in [0.29, 0.717) is 23.8 Å². The highest BCUT2D eigenvalue weighted by molar-refractivity contribution is 5.91. The Bertz CT molecular complexity index is 510. The van der Waals surface area contributed by atoms with Gasteiger partial charge in [0, 0.05) is 0 Å². The molecule has 0 radical (unpaired) electrons. The Balaban J connectivity index is 2.59. The highest BCUT2D eigenvalue weighted by Crippen LogP contribution is 2.35. The van der Waals surface area contributed by atoms with Crippen molar-refractivity contribution in [2.24, 2.45) is 0 Å². The van der Waals surface area contributed by atoms with E-state index in [1.165, 1.54) is 38.5 Å². The first-order valence-electron chi connectivity index (χ1n) is 10.6. The van der Waals surface area contributed by atoms with Gasteiger partial charge in [-0.15, -0.1) is 0 Å². The van der Waals surface area contributed by atoms with Crippen LogP contribution in [0.5, 0.6) is 5.75 Å². The molecule has 0 aliphatic heterocycles. The van der Waals surface area contributed by atoms with Crippen LogP contribution < -0.4 is 4.74 Å². The molecule has 0 aromatic heterocycles. The number of unbranched alkanes of at least 4 members (excludes halogenated alkanes) is 7. The van der Waals surface area contributed by atoms with E-state index in [2.05, 4.69) is 20.8 Å². The lowest BCUT2D eigenvalue weighted by Gasteiger charge is -2.20. The lowest BCUT2D eigenvalue weighted by molar-refractivity contribution is 0.0691. The molecule has 148 valence electrons. The highest BCUT2D eigenvalue weighted by Gasteiger charge is 2.20. The molecule has 0 heterocycles. The minimum atomic E-state index is -0.899. The van der Waals surface area contributed by atoms with Gasteiger partial charge in [-0.1, -0.05) is 84.3 Å². The van der Waals surface area contributed by atoms with Gasteiger partial charge in [-0.3, -0.25) is 0 Å². The summed E-state index contributed by atoms with van der Waals surface area (Å²) < 4.78 is 6.02. The maximum Gasteiger partial charge on any atom is 0.339 e. The van der Waals surface area contributed by atoms with Crippen molar-refractivity contribution in [3.8, 4) is 5.75 Å². The van der Waals surface area contributed by atoms with Crippen LogP contribution >= 0.6 is 0 Å². The molecule has 3 heteroatoms. The van der Waals surface area contributed by atoms with Crippen LogP contribution in [0.3, 0.4) is 0 Å². The third kappa shape index (κ3) is 7.80. The van der Waals surface area contributed by atoms with Gasteiger partial charge in [-0.2, -0.15) is 0 Å². The fourth-order valence-corrected chi connectivity index (χ4v) is 3.54. The number of ether oxygens (including phenoxy) is 1. The van der Waals surface area contributed by atoms with Crippen LogP contribution in [-0.2, 0) is 0 Å². The fourth-order valence-electron chi connectivity index (χ4n) is 3.54. The maximum atomic E-state index is 11.6. The molecule has 0 saturated carbocycles. The highest BCUT2D eigenvalue weighted by atomic mass is 16.5. The number of para-hydroxylation sites is 1. The first-order valence-corrected chi connectivity index (χ1v) is 10.6. The Kier molecular flexibility index (Phi) is 11.8. The minimum absolute atomic E-state index is 0.302. The van der Waals surface area contributed by atoms with Crippen LogP contribution in [0.15, 0.2) is 18.2 Å². The van der Waals surface area contributed by atoms with E-state index < -0.39 is 5.97 Å². The number of carbonyl (C=O) groups is 1. The molecular weight excluding hydrogens is 324 g/mol. The fraction of sp³-hybridized carbons (Fsp3) is 0.696. The second-order valence-corrected chi connectivity index (χ2v) is 7.25. The predicted molar refractivity (Wildman–Crippen MR) is 109 cm³/mol. The van der Waals surface area contributed by atoms with Crippen LogP contribution in [0.25, 0.3) is 0 Å². The molecule has 1 N–H and O–H groups in total. The van der Waals surface area contributed by atoms with Gasteiger partial charge < -0.3 is 9.84 Å². The zero-order valence-corrected chi connectivity index (χ0v) is 17.1. The van der Waals surface area contributed by atoms with Crippen LogP contribution in [0.2, 0.25) is 0 Å². The van der Waals surface area contributed by atoms with Gasteiger partial charge in [0.15, 0.2) is 0 Å². The normalized spacial score (nSPS) is 12.1. The number of hydrogen-bond acceptors (Lipinski definition) is 2. The summed E-state index contributed by atoms with van der Waals surface area (Å²) in [6.45, 7) is 7.18. The standard InChI is InChI=1S/C23H38O3/c1-4-7-8-9-10-11-12-13-18-26-22-20(19(6-3)15-5-2)16-14-17-21(22)23(24)25/h14,16-17,19H,4-13,15,18H2,1-3H3,(H,24,25). The zero-order valence-electron chi connectivity index (χ0n) is 17.1. The quantitative estimate of drug-likeness (QED) is 0.336. The summed E-state index contributed by atoms with van der Waals surface area (Å²) in [5, 5.41) is 9.54. The van der Waals surface area contributed by atoms with Crippen molar-refractivity contribution in [2.45, 2.75) is 97.3 Å². The van der Waals surface area contributed by atoms with E-state index in [1.807, 2.05) is 12.1 Å². The molecule has 1 unspecified atom stereocenters. The second kappa shape index (κ2) is 13.7. The molecule has 1 aromatic rings. The smallest absolute Gasteiger partial charge is 0.339 e. The van der Waals surface area contributed by atoms with Crippen LogP contribution in [0.4, 0.5) is 0 Å². The molecule has 0 aliphatic carbocycles. The first kappa shape index (κ1) is 22.5.